The number of nitrogens with zero attached hydrogens (tertiary/aromatic N) is 2. The van der Waals surface area contributed by atoms with Gasteiger partial charge < -0.3 is 9.84 Å². The normalized spacial score (nSPS) is 20.8. The van der Waals surface area contributed by atoms with Gasteiger partial charge in [0.25, 0.3) is 0 Å². The number of rotatable bonds is 7. The van der Waals surface area contributed by atoms with Crippen LogP contribution < -0.4 is 0 Å². The van der Waals surface area contributed by atoms with E-state index in [9.17, 15) is 5.11 Å². The van der Waals surface area contributed by atoms with Crippen LogP contribution in [-0.2, 0) is 4.74 Å². The third-order valence-electron chi connectivity index (χ3n) is 3.37. The van der Waals surface area contributed by atoms with Gasteiger partial charge in [0.15, 0.2) is 0 Å². The lowest BCUT2D eigenvalue weighted by Crippen LogP contribution is -2.50. The molecular formula is C14H30N2O2. The molecule has 0 amide bonds. The Balaban J connectivity index is 2.12. The number of hydrogen-bond acceptors (Lipinski definition) is 4. The van der Waals surface area contributed by atoms with Crippen molar-refractivity contribution in [3.63, 3.8) is 0 Å². The van der Waals surface area contributed by atoms with Crippen molar-refractivity contribution < 1.29 is 9.84 Å². The standard InChI is InChI=1S/C14H30N2O2/c1-12(2)10-18-11-14(17)9-15-5-7-16(8-6-15)13(3)4/h12-14,17H,5-11H2,1-4H3/t14-/m0/s1. The molecule has 18 heavy (non-hydrogen) atoms. The number of β-amino-alcohol motifs (C(OH)–C–C–N with tert-alkyl or cyclic N) is 1. The van der Waals surface area contributed by atoms with Crippen LogP contribution in [0.2, 0.25) is 0 Å². The molecule has 1 rings (SSSR count). The lowest BCUT2D eigenvalue weighted by Gasteiger charge is -2.37. The molecule has 0 aromatic heterocycles. The van der Waals surface area contributed by atoms with E-state index in [2.05, 4.69) is 37.5 Å². The highest BCUT2D eigenvalue weighted by Crippen LogP contribution is 2.06. The molecule has 1 saturated heterocycles. The van der Waals surface area contributed by atoms with Gasteiger partial charge in [-0.05, 0) is 19.8 Å². The smallest absolute Gasteiger partial charge is 0.0900 e. The van der Waals surface area contributed by atoms with Crippen LogP contribution in [0.25, 0.3) is 0 Å². The first-order valence-corrected chi connectivity index (χ1v) is 7.21. The SMILES string of the molecule is CC(C)COC[C@@H](O)CN1CCN(C(C)C)CC1. The van der Waals surface area contributed by atoms with Gasteiger partial charge in [0.2, 0.25) is 0 Å². The van der Waals surface area contributed by atoms with E-state index >= 15 is 0 Å². The molecule has 0 spiro atoms. The number of aliphatic hydroxyl groups is 1. The maximum atomic E-state index is 9.91. The molecule has 108 valence electrons. The summed E-state index contributed by atoms with van der Waals surface area (Å²) in [5.41, 5.74) is 0. The van der Waals surface area contributed by atoms with E-state index in [4.69, 9.17) is 4.74 Å². The molecule has 1 aliphatic heterocycles. The molecule has 1 fully saturated rings. The summed E-state index contributed by atoms with van der Waals surface area (Å²) in [5, 5.41) is 9.91. The maximum absolute atomic E-state index is 9.91. The first-order chi connectivity index (χ1) is 8.49. The van der Waals surface area contributed by atoms with Gasteiger partial charge in [-0.2, -0.15) is 0 Å². The topological polar surface area (TPSA) is 35.9 Å². The molecule has 0 aromatic rings. The van der Waals surface area contributed by atoms with Crippen molar-refractivity contribution in [2.75, 3.05) is 45.9 Å². The fraction of sp³-hybridized carbons (Fsp3) is 1.00. The highest BCUT2D eigenvalue weighted by Gasteiger charge is 2.20. The largest absolute Gasteiger partial charge is 0.389 e. The van der Waals surface area contributed by atoms with Crippen molar-refractivity contribution in [2.45, 2.75) is 39.8 Å². The Morgan fingerprint density at radius 1 is 1.00 bits per heavy atom. The Morgan fingerprint density at radius 3 is 2.11 bits per heavy atom. The molecule has 0 radical (unpaired) electrons. The van der Waals surface area contributed by atoms with Crippen molar-refractivity contribution in [2.24, 2.45) is 5.92 Å². The maximum Gasteiger partial charge on any atom is 0.0900 e. The second-order valence-corrected chi connectivity index (χ2v) is 6.02. The van der Waals surface area contributed by atoms with Gasteiger partial charge in [-0.25, -0.2) is 0 Å². The average molecular weight is 258 g/mol. The van der Waals surface area contributed by atoms with Crippen molar-refractivity contribution in [1.82, 2.24) is 9.80 Å². The highest BCUT2D eigenvalue weighted by molar-refractivity contribution is 4.75. The van der Waals surface area contributed by atoms with Gasteiger partial charge in [-0.1, -0.05) is 13.8 Å². The number of piperazine rings is 1. The number of ether oxygens (including phenoxy) is 1. The summed E-state index contributed by atoms with van der Waals surface area (Å²) in [6, 6.07) is 0.631. The summed E-state index contributed by atoms with van der Waals surface area (Å²) in [4.78, 5) is 4.82. The van der Waals surface area contributed by atoms with Crippen LogP contribution in [0.4, 0.5) is 0 Å². The molecule has 4 heteroatoms. The Bertz CT molecular complexity index is 214. The van der Waals surface area contributed by atoms with E-state index in [1.807, 2.05) is 0 Å². The Kier molecular flexibility index (Phi) is 7.15. The molecular weight excluding hydrogens is 228 g/mol. The molecule has 1 N–H and O–H groups in total. The van der Waals surface area contributed by atoms with E-state index in [0.29, 0.717) is 18.6 Å². The summed E-state index contributed by atoms with van der Waals surface area (Å²) >= 11 is 0. The van der Waals surface area contributed by atoms with Crippen LogP contribution in [-0.4, -0.2) is 73.0 Å². The van der Waals surface area contributed by atoms with Crippen molar-refractivity contribution in [1.29, 1.82) is 0 Å². The average Bonchev–Trinajstić information content (AvgIpc) is 2.29. The predicted molar refractivity (Wildman–Crippen MR) is 74.8 cm³/mol. The van der Waals surface area contributed by atoms with Crippen molar-refractivity contribution in [3.05, 3.63) is 0 Å². The molecule has 1 aliphatic rings. The molecule has 0 aromatic carbocycles. The second-order valence-electron chi connectivity index (χ2n) is 6.02. The van der Waals surface area contributed by atoms with Gasteiger partial charge in [0.1, 0.15) is 0 Å². The third kappa shape index (κ3) is 6.14. The molecule has 0 bridgehead atoms. The van der Waals surface area contributed by atoms with Crippen molar-refractivity contribution in [3.8, 4) is 0 Å². The minimum atomic E-state index is -0.352. The lowest BCUT2D eigenvalue weighted by molar-refractivity contribution is -0.00186. The Hall–Kier alpha value is -0.160. The first kappa shape index (κ1) is 15.9. The summed E-state index contributed by atoms with van der Waals surface area (Å²) in [6.45, 7) is 15.0. The first-order valence-electron chi connectivity index (χ1n) is 7.21. The Labute approximate surface area is 112 Å². The Morgan fingerprint density at radius 2 is 1.61 bits per heavy atom. The van der Waals surface area contributed by atoms with E-state index in [1.54, 1.807) is 0 Å². The highest BCUT2D eigenvalue weighted by atomic mass is 16.5. The van der Waals surface area contributed by atoms with Gasteiger partial charge in [-0.15, -0.1) is 0 Å². The van der Waals surface area contributed by atoms with Crippen LogP contribution in [0, 0.1) is 5.92 Å². The number of hydrogen-bond donors (Lipinski definition) is 1. The van der Waals surface area contributed by atoms with E-state index in [-0.39, 0.29) is 6.10 Å². The van der Waals surface area contributed by atoms with E-state index in [1.165, 1.54) is 0 Å². The zero-order valence-electron chi connectivity index (χ0n) is 12.4. The molecule has 0 unspecified atom stereocenters. The molecule has 1 atom stereocenters. The fourth-order valence-electron chi connectivity index (χ4n) is 2.25. The summed E-state index contributed by atoms with van der Waals surface area (Å²) < 4.78 is 5.47. The summed E-state index contributed by atoms with van der Waals surface area (Å²) in [6.07, 6.45) is -0.352. The zero-order valence-corrected chi connectivity index (χ0v) is 12.4. The fourth-order valence-corrected chi connectivity index (χ4v) is 2.25. The van der Waals surface area contributed by atoms with Crippen LogP contribution in [0.1, 0.15) is 27.7 Å². The van der Waals surface area contributed by atoms with Gasteiger partial charge in [0.05, 0.1) is 12.7 Å². The molecule has 4 nitrogen and oxygen atoms in total. The van der Waals surface area contributed by atoms with Crippen LogP contribution in [0.3, 0.4) is 0 Å². The zero-order chi connectivity index (χ0) is 13.5. The minimum Gasteiger partial charge on any atom is -0.389 e. The second kappa shape index (κ2) is 8.10. The van der Waals surface area contributed by atoms with E-state index in [0.717, 1.165) is 39.3 Å². The summed E-state index contributed by atoms with van der Waals surface area (Å²) in [5.74, 6) is 0.534. The van der Waals surface area contributed by atoms with E-state index < -0.39 is 0 Å². The number of aliphatic hydroxyl groups excluding tert-OH is 1. The van der Waals surface area contributed by atoms with Gasteiger partial charge >= 0.3 is 0 Å². The van der Waals surface area contributed by atoms with Crippen LogP contribution in [0.5, 0.6) is 0 Å². The minimum absolute atomic E-state index is 0.352. The van der Waals surface area contributed by atoms with Crippen LogP contribution >= 0.6 is 0 Å². The predicted octanol–water partition coefficient (Wildman–Crippen LogP) is 1.05. The lowest BCUT2D eigenvalue weighted by atomic mass is 10.2. The van der Waals surface area contributed by atoms with Crippen molar-refractivity contribution >= 4 is 0 Å². The van der Waals surface area contributed by atoms with Gasteiger partial charge in [-0.3, -0.25) is 9.80 Å². The molecule has 1 heterocycles. The molecule has 0 saturated carbocycles. The van der Waals surface area contributed by atoms with Crippen LogP contribution in [0.15, 0.2) is 0 Å². The monoisotopic (exact) mass is 258 g/mol. The quantitative estimate of drug-likeness (QED) is 0.740. The van der Waals surface area contributed by atoms with Gasteiger partial charge in [0, 0.05) is 45.4 Å². The third-order valence-corrected chi connectivity index (χ3v) is 3.37. The summed E-state index contributed by atoms with van der Waals surface area (Å²) in [7, 11) is 0. The molecule has 0 aliphatic carbocycles.